The van der Waals surface area contributed by atoms with Gasteiger partial charge in [0.15, 0.2) is 0 Å². The second kappa shape index (κ2) is 5.14. The van der Waals surface area contributed by atoms with Gasteiger partial charge in [0.2, 0.25) is 0 Å². The normalized spacial score (nSPS) is 11.2. The number of thiophene rings is 1. The van der Waals surface area contributed by atoms with Crippen molar-refractivity contribution in [2.45, 2.75) is 11.8 Å². The van der Waals surface area contributed by atoms with Gasteiger partial charge < -0.3 is 10.2 Å². The number of phenols is 1. The molecule has 20 heavy (non-hydrogen) atoms. The molecule has 1 aromatic carbocycles. The van der Waals surface area contributed by atoms with Crippen LogP contribution >= 0.6 is 11.3 Å². The van der Waals surface area contributed by atoms with Gasteiger partial charge in [0.1, 0.15) is 15.5 Å². The highest BCUT2D eigenvalue weighted by molar-refractivity contribution is 7.93. The Bertz CT molecular complexity index is 764. The van der Waals surface area contributed by atoms with E-state index in [9.17, 15) is 18.3 Å². The average molecular weight is 313 g/mol. The number of aryl methyl sites for hydroxylation is 1. The molecule has 2 aromatic rings. The lowest BCUT2D eigenvalue weighted by Gasteiger charge is -2.09. The molecule has 0 saturated carbocycles. The number of hydrogen-bond donors (Lipinski definition) is 3. The molecular formula is C12H11NO5S2. The summed E-state index contributed by atoms with van der Waals surface area (Å²) in [4.78, 5) is 10.4. The zero-order valence-corrected chi connectivity index (χ0v) is 12.0. The fourth-order valence-corrected chi connectivity index (χ4v) is 3.90. The van der Waals surface area contributed by atoms with Crippen LogP contribution in [0.3, 0.4) is 0 Å². The van der Waals surface area contributed by atoms with Gasteiger partial charge in [-0.25, -0.2) is 13.2 Å². The third kappa shape index (κ3) is 2.75. The van der Waals surface area contributed by atoms with E-state index in [1.54, 1.807) is 6.92 Å². The topological polar surface area (TPSA) is 104 Å². The maximum absolute atomic E-state index is 12.2. The van der Waals surface area contributed by atoms with Crippen LogP contribution in [-0.2, 0) is 10.0 Å². The van der Waals surface area contributed by atoms with Crippen molar-refractivity contribution in [3.8, 4) is 5.75 Å². The van der Waals surface area contributed by atoms with E-state index in [0.717, 1.165) is 11.3 Å². The van der Waals surface area contributed by atoms with E-state index < -0.39 is 16.0 Å². The van der Waals surface area contributed by atoms with Gasteiger partial charge in [-0.15, -0.1) is 11.3 Å². The molecule has 106 valence electrons. The van der Waals surface area contributed by atoms with Crippen LogP contribution in [0.1, 0.15) is 15.2 Å². The van der Waals surface area contributed by atoms with E-state index in [-0.39, 0.29) is 21.2 Å². The summed E-state index contributed by atoms with van der Waals surface area (Å²) < 4.78 is 26.6. The minimum absolute atomic E-state index is 0.0507. The van der Waals surface area contributed by atoms with Gasteiger partial charge in [0.05, 0.1) is 0 Å². The number of nitrogens with one attached hydrogen (secondary N) is 1. The summed E-state index contributed by atoms with van der Waals surface area (Å²) in [5.74, 6) is -1.24. The fraction of sp³-hybridized carbons (Fsp3) is 0.0833. The Hall–Kier alpha value is -2.06. The molecule has 0 amide bonds. The molecule has 0 bridgehead atoms. The molecule has 0 aliphatic rings. The number of hydrogen-bond acceptors (Lipinski definition) is 5. The van der Waals surface area contributed by atoms with Crippen LogP contribution < -0.4 is 4.72 Å². The van der Waals surface area contributed by atoms with E-state index >= 15 is 0 Å². The van der Waals surface area contributed by atoms with Crippen molar-refractivity contribution in [2.75, 3.05) is 4.72 Å². The van der Waals surface area contributed by atoms with Crippen LogP contribution in [0.5, 0.6) is 5.75 Å². The molecule has 1 heterocycles. The third-order valence-corrected chi connectivity index (χ3v) is 5.02. The first-order valence-electron chi connectivity index (χ1n) is 5.44. The zero-order valence-electron chi connectivity index (χ0n) is 10.3. The molecular weight excluding hydrogens is 302 g/mol. The highest BCUT2D eigenvalue weighted by atomic mass is 32.2. The number of aromatic hydroxyl groups is 1. The van der Waals surface area contributed by atoms with Crippen molar-refractivity contribution in [3.05, 3.63) is 40.1 Å². The predicted octanol–water partition coefficient (Wildman–Crippen LogP) is 2.26. The summed E-state index contributed by atoms with van der Waals surface area (Å²) in [6.45, 7) is 1.63. The molecule has 0 unspecified atom stereocenters. The first-order chi connectivity index (χ1) is 9.31. The molecule has 0 fully saturated rings. The van der Waals surface area contributed by atoms with Crippen molar-refractivity contribution < 1.29 is 23.4 Å². The lowest BCUT2D eigenvalue weighted by Crippen LogP contribution is -2.15. The molecule has 0 atom stereocenters. The van der Waals surface area contributed by atoms with Crippen LogP contribution in [0.2, 0.25) is 0 Å². The molecule has 1 aromatic heterocycles. The highest BCUT2D eigenvalue weighted by Gasteiger charge is 2.23. The van der Waals surface area contributed by atoms with Gasteiger partial charge in [-0.1, -0.05) is 0 Å². The zero-order chi connectivity index (χ0) is 14.9. The Balaban J connectivity index is 2.38. The van der Waals surface area contributed by atoms with E-state index in [1.807, 2.05) is 0 Å². The van der Waals surface area contributed by atoms with Crippen molar-refractivity contribution in [3.63, 3.8) is 0 Å². The Morgan fingerprint density at radius 2 is 2.00 bits per heavy atom. The van der Waals surface area contributed by atoms with Crippen LogP contribution in [0.15, 0.2) is 34.5 Å². The number of sulfonamides is 1. The van der Waals surface area contributed by atoms with Crippen LogP contribution in [0.25, 0.3) is 0 Å². The van der Waals surface area contributed by atoms with E-state index in [4.69, 9.17) is 5.11 Å². The molecule has 2 rings (SSSR count). The largest absolute Gasteiger partial charge is 0.508 e. The molecule has 0 aliphatic heterocycles. The fourth-order valence-electron chi connectivity index (χ4n) is 1.59. The monoisotopic (exact) mass is 313 g/mol. The SMILES string of the molecule is Cc1cc(NS(=O)(=O)c2ccsc2C(=O)O)ccc1O. The summed E-state index contributed by atoms with van der Waals surface area (Å²) in [7, 11) is -3.98. The Kier molecular flexibility index (Phi) is 3.69. The molecule has 3 N–H and O–H groups in total. The average Bonchev–Trinajstić information content (AvgIpc) is 2.83. The van der Waals surface area contributed by atoms with Crippen molar-refractivity contribution in [2.24, 2.45) is 0 Å². The maximum atomic E-state index is 12.2. The summed E-state index contributed by atoms with van der Waals surface area (Å²) in [6, 6.07) is 5.45. The maximum Gasteiger partial charge on any atom is 0.347 e. The highest BCUT2D eigenvalue weighted by Crippen LogP contribution is 2.26. The molecule has 6 nitrogen and oxygen atoms in total. The summed E-state index contributed by atoms with van der Waals surface area (Å²) in [6.07, 6.45) is 0. The second-order valence-electron chi connectivity index (χ2n) is 4.03. The first kappa shape index (κ1) is 14.4. The number of carboxylic acid groups (broad SMARTS) is 1. The molecule has 0 radical (unpaired) electrons. The lowest BCUT2D eigenvalue weighted by molar-refractivity contribution is 0.0698. The van der Waals surface area contributed by atoms with Gasteiger partial charge in [-0.3, -0.25) is 4.72 Å². The summed E-state index contributed by atoms with van der Waals surface area (Å²) >= 11 is 0.842. The van der Waals surface area contributed by atoms with E-state index in [0.29, 0.717) is 5.56 Å². The van der Waals surface area contributed by atoms with E-state index in [2.05, 4.69) is 4.72 Å². The van der Waals surface area contributed by atoms with Gasteiger partial charge >= 0.3 is 5.97 Å². The summed E-state index contributed by atoms with van der Waals surface area (Å²) in [5.41, 5.74) is 0.761. The van der Waals surface area contributed by atoms with Crippen molar-refractivity contribution >= 4 is 33.0 Å². The number of aromatic carboxylic acids is 1. The second-order valence-corrected chi connectivity index (χ2v) is 6.59. The third-order valence-electron chi connectivity index (χ3n) is 2.56. The van der Waals surface area contributed by atoms with E-state index in [1.165, 1.54) is 29.6 Å². The van der Waals surface area contributed by atoms with Gasteiger partial charge in [0.25, 0.3) is 10.0 Å². The minimum atomic E-state index is -3.98. The smallest absolute Gasteiger partial charge is 0.347 e. The lowest BCUT2D eigenvalue weighted by atomic mass is 10.2. The number of phenolic OH excluding ortho intramolecular Hbond substituents is 1. The number of benzene rings is 1. The Morgan fingerprint density at radius 1 is 1.30 bits per heavy atom. The summed E-state index contributed by atoms with van der Waals surface area (Å²) in [5, 5.41) is 19.7. The van der Waals surface area contributed by atoms with Crippen molar-refractivity contribution in [1.82, 2.24) is 0 Å². The number of carboxylic acids is 1. The van der Waals surface area contributed by atoms with Gasteiger partial charge in [0, 0.05) is 5.69 Å². The van der Waals surface area contributed by atoms with Crippen LogP contribution in [0, 0.1) is 6.92 Å². The molecule has 0 spiro atoms. The number of rotatable bonds is 4. The quantitative estimate of drug-likeness (QED) is 0.751. The van der Waals surface area contributed by atoms with Crippen LogP contribution in [-0.4, -0.2) is 24.6 Å². The number of anilines is 1. The van der Waals surface area contributed by atoms with Gasteiger partial charge in [-0.2, -0.15) is 0 Å². The van der Waals surface area contributed by atoms with Crippen molar-refractivity contribution in [1.29, 1.82) is 0 Å². The molecule has 8 heteroatoms. The van der Waals surface area contributed by atoms with Gasteiger partial charge in [-0.05, 0) is 42.1 Å². The number of carbonyl (C=O) groups is 1. The first-order valence-corrected chi connectivity index (χ1v) is 7.81. The Labute approximate surface area is 119 Å². The standard InChI is InChI=1S/C12H11NO5S2/c1-7-6-8(2-3-9(7)14)13-20(17,18)10-4-5-19-11(10)12(15)16/h2-6,13-14H,1H3,(H,15,16). The minimum Gasteiger partial charge on any atom is -0.508 e. The van der Waals surface area contributed by atoms with Crippen LogP contribution in [0.4, 0.5) is 5.69 Å². The molecule has 0 aliphatic carbocycles. The Morgan fingerprint density at radius 3 is 2.60 bits per heavy atom. The molecule has 0 saturated heterocycles. The predicted molar refractivity (Wildman–Crippen MR) is 74.9 cm³/mol.